The largest absolute Gasteiger partial charge is 0.345 e. The number of aromatic nitrogens is 4. The van der Waals surface area contributed by atoms with Gasteiger partial charge >= 0.3 is 0 Å². The molecule has 134 valence electrons. The Hall–Kier alpha value is -3.92. The minimum Gasteiger partial charge on any atom is -0.345 e. The van der Waals surface area contributed by atoms with E-state index in [1.165, 1.54) is 0 Å². The van der Waals surface area contributed by atoms with Crippen molar-refractivity contribution in [3.8, 4) is 16.9 Å². The van der Waals surface area contributed by atoms with Crippen molar-refractivity contribution in [2.24, 2.45) is 0 Å². The maximum absolute atomic E-state index is 4.49. The summed E-state index contributed by atoms with van der Waals surface area (Å²) in [6.45, 7) is 0. The Kier molecular flexibility index (Phi) is 4.07. The van der Waals surface area contributed by atoms with E-state index in [2.05, 4.69) is 74.1 Å². The zero-order valence-corrected chi connectivity index (χ0v) is 15.2. The average molecular weight is 362 g/mol. The molecule has 0 aliphatic rings. The molecule has 1 N–H and O–H groups in total. The van der Waals surface area contributed by atoms with Gasteiger partial charge in [-0.1, -0.05) is 60.7 Å². The lowest BCUT2D eigenvalue weighted by Gasteiger charge is -2.06. The fourth-order valence-corrected chi connectivity index (χ4v) is 3.42. The maximum Gasteiger partial charge on any atom is 0.100 e. The second kappa shape index (κ2) is 7.00. The molecule has 4 heteroatoms. The van der Waals surface area contributed by atoms with Crippen LogP contribution in [0.5, 0.6) is 0 Å². The molecule has 0 saturated heterocycles. The molecule has 0 amide bonds. The van der Waals surface area contributed by atoms with Gasteiger partial charge in [0, 0.05) is 11.3 Å². The van der Waals surface area contributed by atoms with Gasteiger partial charge in [0.25, 0.3) is 0 Å². The minimum atomic E-state index is 0.997. The lowest BCUT2D eigenvalue weighted by molar-refractivity contribution is 1.09. The van der Waals surface area contributed by atoms with Crippen LogP contribution in [0.2, 0.25) is 0 Å². The highest BCUT2D eigenvalue weighted by Gasteiger charge is 2.05. The Morgan fingerprint density at radius 2 is 1.75 bits per heavy atom. The zero-order valence-electron chi connectivity index (χ0n) is 15.2. The highest BCUT2D eigenvalue weighted by Crippen LogP contribution is 2.24. The van der Waals surface area contributed by atoms with Crippen LogP contribution < -0.4 is 0 Å². The number of para-hydroxylation sites is 2. The fourth-order valence-electron chi connectivity index (χ4n) is 3.42. The lowest BCUT2D eigenvalue weighted by atomic mass is 10.0. The first kappa shape index (κ1) is 16.3. The molecule has 28 heavy (non-hydrogen) atoms. The molecule has 0 aliphatic carbocycles. The van der Waals surface area contributed by atoms with Gasteiger partial charge in [-0.15, -0.1) is 0 Å². The number of hydrogen-bond donors (Lipinski definition) is 1. The smallest absolute Gasteiger partial charge is 0.100 e. The van der Waals surface area contributed by atoms with Crippen LogP contribution in [0, 0.1) is 0 Å². The van der Waals surface area contributed by atoms with Crippen LogP contribution in [0.3, 0.4) is 0 Å². The van der Waals surface area contributed by atoms with Gasteiger partial charge in [-0.2, -0.15) is 0 Å². The van der Waals surface area contributed by atoms with Crippen LogP contribution in [-0.2, 0) is 0 Å². The summed E-state index contributed by atoms with van der Waals surface area (Å²) in [5.41, 5.74) is 7.62. The summed E-state index contributed by atoms with van der Waals surface area (Å²) in [6.07, 6.45) is 9.70. The van der Waals surface area contributed by atoms with Crippen LogP contribution in [0.1, 0.15) is 11.1 Å². The number of nitrogens with one attached hydrogen (secondary N) is 1. The predicted octanol–water partition coefficient (Wildman–Crippen LogP) is 5.59. The van der Waals surface area contributed by atoms with Crippen LogP contribution in [0.25, 0.3) is 40.1 Å². The van der Waals surface area contributed by atoms with Gasteiger partial charge in [0.05, 0.1) is 29.3 Å². The Bertz CT molecular complexity index is 1260. The van der Waals surface area contributed by atoms with E-state index in [1.54, 1.807) is 6.33 Å². The van der Waals surface area contributed by atoms with Crippen molar-refractivity contribution < 1.29 is 0 Å². The first-order chi connectivity index (χ1) is 13.9. The van der Waals surface area contributed by atoms with Crippen LogP contribution in [-0.4, -0.2) is 19.5 Å². The number of hydrogen-bond acceptors (Lipinski definition) is 2. The topological polar surface area (TPSA) is 46.5 Å². The van der Waals surface area contributed by atoms with Gasteiger partial charge in [0.1, 0.15) is 6.33 Å². The lowest BCUT2D eigenvalue weighted by Crippen LogP contribution is -1.92. The summed E-state index contributed by atoms with van der Waals surface area (Å²) in [4.78, 5) is 11.8. The molecular formula is C24H18N4. The molecule has 0 aliphatic heterocycles. The van der Waals surface area contributed by atoms with Crippen molar-refractivity contribution in [2.45, 2.75) is 0 Å². The number of H-pyrrole nitrogens is 1. The molecule has 4 nitrogen and oxygen atoms in total. The van der Waals surface area contributed by atoms with Gasteiger partial charge in [0.2, 0.25) is 0 Å². The van der Waals surface area contributed by atoms with E-state index in [0.29, 0.717) is 0 Å². The second-order valence-corrected chi connectivity index (χ2v) is 6.58. The first-order valence-corrected chi connectivity index (χ1v) is 9.17. The van der Waals surface area contributed by atoms with Gasteiger partial charge < -0.3 is 4.98 Å². The number of fused-ring (bicyclic) bond motifs is 1. The first-order valence-electron chi connectivity index (χ1n) is 9.17. The molecule has 0 fully saturated rings. The van der Waals surface area contributed by atoms with E-state index in [4.69, 9.17) is 0 Å². The normalized spacial score (nSPS) is 11.4. The third-order valence-corrected chi connectivity index (χ3v) is 4.81. The van der Waals surface area contributed by atoms with E-state index in [9.17, 15) is 0 Å². The number of imidazole rings is 2. The van der Waals surface area contributed by atoms with E-state index in [-0.39, 0.29) is 0 Å². The average Bonchev–Trinajstić information content (AvgIpc) is 3.43. The van der Waals surface area contributed by atoms with E-state index in [0.717, 1.165) is 39.1 Å². The summed E-state index contributed by atoms with van der Waals surface area (Å²) < 4.78 is 2.12. The van der Waals surface area contributed by atoms with Gasteiger partial charge in [-0.25, -0.2) is 9.97 Å². The van der Waals surface area contributed by atoms with Crippen molar-refractivity contribution in [3.05, 3.63) is 103 Å². The second-order valence-electron chi connectivity index (χ2n) is 6.58. The minimum absolute atomic E-state index is 0.997. The van der Waals surface area contributed by atoms with Crippen molar-refractivity contribution in [3.63, 3.8) is 0 Å². The van der Waals surface area contributed by atoms with Crippen LogP contribution in [0.4, 0.5) is 0 Å². The van der Waals surface area contributed by atoms with E-state index >= 15 is 0 Å². The number of aromatic amines is 1. The van der Waals surface area contributed by atoms with Crippen LogP contribution in [0.15, 0.2) is 91.6 Å². The van der Waals surface area contributed by atoms with Gasteiger partial charge in [-0.3, -0.25) is 4.57 Å². The number of rotatable bonds is 4. The van der Waals surface area contributed by atoms with Crippen LogP contribution >= 0.6 is 0 Å². The molecule has 0 atom stereocenters. The summed E-state index contributed by atoms with van der Waals surface area (Å²) in [5, 5.41) is 0. The summed E-state index contributed by atoms with van der Waals surface area (Å²) in [7, 11) is 0. The fraction of sp³-hybridized carbons (Fsp3) is 0. The van der Waals surface area contributed by atoms with Crippen molar-refractivity contribution in [1.82, 2.24) is 19.5 Å². The molecular weight excluding hydrogens is 344 g/mol. The Balaban J connectivity index is 1.50. The molecule has 5 aromatic rings. The molecule has 0 unspecified atom stereocenters. The zero-order chi connectivity index (χ0) is 18.8. The van der Waals surface area contributed by atoms with Crippen molar-refractivity contribution in [1.29, 1.82) is 0 Å². The molecule has 2 aromatic heterocycles. The quantitative estimate of drug-likeness (QED) is 0.424. The molecule has 0 bridgehead atoms. The molecule has 5 rings (SSSR count). The molecule has 3 aromatic carbocycles. The van der Waals surface area contributed by atoms with E-state index < -0.39 is 0 Å². The molecule has 0 spiro atoms. The molecule has 0 radical (unpaired) electrons. The summed E-state index contributed by atoms with van der Waals surface area (Å²) in [6, 6.07) is 24.9. The Labute approximate surface area is 162 Å². The molecule has 0 saturated carbocycles. The standard InChI is InChI=1S/C24H18N4/c1-2-9-21(23-15-25-16-26-23)19(7-1)13-12-18-6-5-8-20(14-18)28-17-27-22-10-3-4-11-24(22)28/h1-17H,(H,25,26)/b13-12+. The highest BCUT2D eigenvalue weighted by molar-refractivity contribution is 5.80. The van der Waals surface area contributed by atoms with Gasteiger partial charge in [-0.05, 0) is 35.4 Å². The monoisotopic (exact) mass is 362 g/mol. The van der Waals surface area contributed by atoms with Crippen molar-refractivity contribution >= 4 is 23.2 Å². The maximum atomic E-state index is 4.49. The Morgan fingerprint density at radius 3 is 2.68 bits per heavy atom. The molecule has 2 heterocycles. The third kappa shape index (κ3) is 3.01. The van der Waals surface area contributed by atoms with Crippen molar-refractivity contribution in [2.75, 3.05) is 0 Å². The predicted molar refractivity (Wildman–Crippen MR) is 114 cm³/mol. The third-order valence-electron chi connectivity index (χ3n) is 4.81. The summed E-state index contributed by atoms with van der Waals surface area (Å²) >= 11 is 0. The Morgan fingerprint density at radius 1 is 0.857 bits per heavy atom. The highest BCUT2D eigenvalue weighted by atomic mass is 15.0. The van der Waals surface area contributed by atoms with Gasteiger partial charge in [0.15, 0.2) is 0 Å². The van der Waals surface area contributed by atoms with E-state index in [1.807, 2.05) is 42.9 Å². The summed E-state index contributed by atoms with van der Waals surface area (Å²) in [5.74, 6) is 0. The number of benzene rings is 3. The SMILES string of the molecule is C(=C\c1ccccc1-c1cnc[nH]1)/c1cccc(-n2cnc3ccccc32)c1. The number of nitrogens with zero attached hydrogens (tertiary/aromatic N) is 3.